The maximum atomic E-state index is 6.69. The van der Waals surface area contributed by atoms with Gasteiger partial charge in [0, 0.05) is 0 Å². The summed E-state index contributed by atoms with van der Waals surface area (Å²) in [6.45, 7) is 14.0. The Kier molecular flexibility index (Phi) is 10.4. The van der Waals surface area contributed by atoms with Gasteiger partial charge in [0.15, 0.2) is 0 Å². The maximum absolute atomic E-state index is 6.69. The summed E-state index contributed by atoms with van der Waals surface area (Å²) in [5, 5.41) is 0.800. The van der Waals surface area contributed by atoms with Crippen LogP contribution in [-0.2, 0) is 32.1 Å². The number of hydrogen-bond donors (Lipinski definition) is 0. The molecule has 2 aliphatic carbocycles. The van der Waals surface area contributed by atoms with Crippen molar-refractivity contribution in [2.24, 2.45) is 0 Å². The van der Waals surface area contributed by atoms with Gasteiger partial charge in [0.1, 0.15) is 0 Å². The van der Waals surface area contributed by atoms with Gasteiger partial charge in [-0.2, -0.15) is 0 Å². The van der Waals surface area contributed by atoms with E-state index in [1.807, 2.05) is 6.07 Å². The van der Waals surface area contributed by atoms with Crippen LogP contribution in [0, 0.1) is 0 Å². The molecule has 0 unspecified atom stereocenters. The zero-order chi connectivity index (χ0) is 28.9. The molecule has 4 aromatic rings. The Morgan fingerprint density at radius 3 is 1.72 bits per heavy atom. The first-order valence-electron chi connectivity index (χ1n) is 14.7. The molecule has 0 radical (unpaired) electrons. The number of benzene rings is 4. The standard InChI is InChI=1S/C21H25.C13H9Cl.C5H5.2ClH.Zr/c1-20(2,3)16-7-9-18-14(12-16)11-15-13-17(21(4,5)6)8-10-19(15)18;14-13-8-4-7-12(10-13)9-11-5-2-1-3-6-11;1-2-4-5-3-1;;;/h7-13H,1-6H3;1-8,10H;1-3H,4H2;2*1H;/q;;;;;+2/p-2. The molecule has 0 nitrogen and oxygen atoms in total. The molecule has 0 aromatic heterocycles. The molecule has 0 fully saturated rings. The van der Waals surface area contributed by atoms with E-state index >= 15 is 0 Å². The zero-order valence-electron chi connectivity index (χ0n) is 25.8. The van der Waals surface area contributed by atoms with Crippen molar-refractivity contribution >= 4 is 14.8 Å². The minimum atomic E-state index is -2.74. The SMILES string of the molecule is CC(C)(C)c1ccc2c(c1)[CH](/[Zr+2]([C]1=CC=CC1)=[C](\c1ccccc1)c1cccc(Cl)c1)c1cc(C(C)(C)C)ccc1-2.[Cl-].[Cl-]. The summed E-state index contributed by atoms with van der Waals surface area (Å²) in [5.41, 5.74) is 11.5. The predicted octanol–water partition coefficient (Wildman–Crippen LogP) is 4.74. The number of fused-ring (bicyclic) bond motifs is 3. The van der Waals surface area contributed by atoms with E-state index in [4.69, 9.17) is 11.6 Å². The van der Waals surface area contributed by atoms with Crippen molar-refractivity contribution in [1.82, 2.24) is 0 Å². The van der Waals surface area contributed by atoms with Crippen LogP contribution < -0.4 is 24.8 Å². The number of rotatable bonds is 4. The Hall–Kier alpha value is -2.02. The van der Waals surface area contributed by atoms with Crippen LogP contribution >= 0.6 is 11.6 Å². The third kappa shape index (κ3) is 6.67. The summed E-state index contributed by atoms with van der Waals surface area (Å²) in [4.78, 5) is 0. The number of allylic oxidation sites excluding steroid dienone is 4. The van der Waals surface area contributed by atoms with E-state index in [1.165, 1.54) is 47.7 Å². The molecule has 0 amide bonds. The molecule has 2 aliphatic rings. The Labute approximate surface area is 283 Å². The van der Waals surface area contributed by atoms with Crippen molar-refractivity contribution in [1.29, 1.82) is 0 Å². The molecular formula is C39H39Cl3Zr. The van der Waals surface area contributed by atoms with Gasteiger partial charge in [-0.3, -0.25) is 0 Å². The van der Waals surface area contributed by atoms with Crippen LogP contribution in [0.5, 0.6) is 0 Å². The normalized spacial score (nSPS) is 14.3. The molecule has 0 heterocycles. The van der Waals surface area contributed by atoms with Crippen LogP contribution in [0.3, 0.4) is 0 Å². The predicted molar refractivity (Wildman–Crippen MR) is 174 cm³/mol. The molecule has 220 valence electrons. The van der Waals surface area contributed by atoms with Crippen LogP contribution in [0.2, 0.25) is 5.02 Å². The molecule has 0 spiro atoms. The Bertz CT molecular complexity index is 1670. The average Bonchev–Trinajstić information content (AvgIpc) is 3.57. The summed E-state index contributed by atoms with van der Waals surface area (Å²) < 4.78 is 3.57. The van der Waals surface area contributed by atoms with Gasteiger partial charge in [0.2, 0.25) is 0 Å². The topological polar surface area (TPSA) is 0 Å². The molecule has 0 atom stereocenters. The van der Waals surface area contributed by atoms with E-state index in [1.54, 1.807) is 3.28 Å². The van der Waals surface area contributed by atoms with Gasteiger partial charge < -0.3 is 24.8 Å². The van der Waals surface area contributed by atoms with Crippen molar-refractivity contribution < 1.29 is 46.1 Å². The largest absolute Gasteiger partial charge is 1.00 e. The smallest absolute Gasteiger partial charge is 1.00 e. The van der Waals surface area contributed by atoms with Gasteiger partial charge in [-0.05, 0) is 0 Å². The summed E-state index contributed by atoms with van der Waals surface area (Å²) in [5.74, 6) is 0. The molecule has 0 bridgehead atoms. The van der Waals surface area contributed by atoms with Gasteiger partial charge in [0.05, 0.1) is 0 Å². The average molecular weight is 705 g/mol. The minimum absolute atomic E-state index is 0. The van der Waals surface area contributed by atoms with Crippen LogP contribution in [0.25, 0.3) is 11.1 Å². The fourth-order valence-electron chi connectivity index (χ4n) is 6.37. The van der Waals surface area contributed by atoms with Crippen molar-refractivity contribution in [2.75, 3.05) is 0 Å². The first-order valence-corrected chi connectivity index (χ1v) is 19.0. The fraction of sp³-hybridized carbons (Fsp3) is 0.256. The third-order valence-electron chi connectivity index (χ3n) is 8.60. The van der Waals surface area contributed by atoms with Gasteiger partial charge in [-0.25, -0.2) is 0 Å². The second-order valence-corrected chi connectivity index (χ2v) is 20.2. The monoisotopic (exact) mass is 702 g/mol. The zero-order valence-corrected chi connectivity index (χ0v) is 30.5. The minimum Gasteiger partial charge on any atom is -1.00 e. The van der Waals surface area contributed by atoms with Crippen molar-refractivity contribution in [3.63, 3.8) is 0 Å². The summed E-state index contributed by atoms with van der Waals surface area (Å²) in [6.07, 6.45) is 8.13. The summed E-state index contributed by atoms with van der Waals surface area (Å²) in [6, 6.07) is 34.4. The van der Waals surface area contributed by atoms with Gasteiger partial charge in [0.25, 0.3) is 0 Å². The van der Waals surface area contributed by atoms with Gasteiger partial charge >= 0.3 is 261 Å². The molecule has 0 aliphatic heterocycles. The quantitative estimate of drug-likeness (QED) is 0.288. The van der Waals surface area contributed by atoms with Crippen LogP contribution in [0.4, 0.5) is 0 Å². The summed E-state index contributed by atoms with van der Waals surface area (Å²) >= 11 is 3.94. The summed E-state index contributed by atoms with van der Waals surface area (Å²) in [7, 11) is 0. The Morgan fingerprint density at radius 2 is 1.23 bits per heavy atom. The number of hydrogen-bond acceptors (Lipinski definition) is 0. The van der Waals surface area contributed by atoms with E-state index in [0.29, 0.717) is 3.63 Å². The first-order chi connectivity index (χ1) is 19.5. The number of halogens is 3. The molecule has 0 saturated heterocycles. The molecular weight excluding hydrogens is 666 g/mol. The van der Waals surface area contributed by atoms with Crippen LogP contribution in [0.1, 0.15) is 85.0 Å². The van der Waals surface area contributed by atoms with Crippen molar-refractivity contribution in [3.8, 4) is 11.1 Å². The van der Waals surface area contributed by atoms with E-state index in [2.05, 4.69) is 145 Å². The molecule has 4 aromatic carbocycles. The molecule has 6 rings (SSSR count). The first kappa shape index (κ1) is 33.9. The van der Waals surface area contributed by atoms with Crippen molar-refractivity contribution in [2.45, 2.75) is 62.4 Å². The Balaban J connectivity index is 0.00000212. The van der Waals surface area contributed by atoms with E-state index < -0.39 is 21.3 Å². The van der Waals surface area contributed by atoms with Crippen LogP contribution in [-0.4, -0.2) is 3.21 Å². The molecule has 4 heteroatoms. The Morgan fingerprint density at radius 1 is 0.674 bits per heavy atom. The van der Waals surface area contributed by atoms with E-state index in [9.17, 15) is 0 Å². The van der Waals surface area contributed by atoms with Gasteiger partial charge in [-0.15, -0.1) is 0 Å². The second-order valence-electron chi connectivity index (χ2n) is 13.5. The second kappa shape index (κ2) is 13.1. The fourth-order valence-corrected chi connectivity index (χ4v) is 15.5. The maximum Gasteiger partial charge on any atom is -1.00 e. The van der Waals surface area contributed by atoms with E-state index in [-0.39, 0.29) is 35.6 Å². The van der Waals surface area contributed by atoms with Gasteiger partial charge in [-0.1, -0.05) is 0 Å². The van der Waals surface area contributed by atoms with E-state index in [0.717, 1.165) is 11.4 Å². The molecule has 43 heavy (non-hydrogen) atoms. The third-order valence-corrected chi connectivity index (χ3v) is 17.1. The van der Waals surface area contributed by atoms with Crippen molar-refractivity contribution in [3.05, 3.63) is 151 Å². The molecule has 0 saturated carbocycles. The molecule has 0 N–H and O–H groups in total. The van der Waals surface area contributed by atoms with Crippen LogP contribution in [0.15, 0.2) is 113 Å².